The number of halogens is 3. The number of rotatable bonds is 4. The fourth-order valence-electron chi connectivity index (χ4n) is 3.60. The Hall–Kier alpha value is -3.95. The monoisotopic (exact) mass is 457 g/mol. The van der Waals surface area contributed by atoms with E-state index in [9.17, 15) is 18.0 Å². The van der Waals surface area contributed by atoms with Crippen molar-refractivity contribution in [1.82, 2.24) is 15.3 Å². The molecule has 0 saturated carbocycles. The number of amides is 2. The topological polar surface area (TPSA) is 101 Å². The summed E-state index contributed by atoms with van der Waals surface area (Å²) in [6, 6.07) is 11.1. The number of carbonyl (C=O) groups excluding carboxylic acids is 2. The van der Waals surface area contributed by atoms with Gasteiger partial charge in [-0.1, -0.05) is 24.3 Å². The molecule has 33 heavy (non-hydrogen) atoms. The van der Waals surface area contributed by atoms with Gasteiger partial charge in [-0.05, 0) is 23.8 Å². The van der Waals surface area contributed by atoms with Crippen LogP contribution in [0.4, 0.5) is 19.0 Å². The summed E-state index contributed by atoms with van der Waals surface area (Å²) >= 11 is 0. The van der Waals surface area contributed by atoms with Crippen LogP contribution >= 0.6 is 0 Å². The first-order valence-electron chi connectivity index (χ1n) is 10.0. The molecule has 0 radical (unpaired) electrons. The number of aromatic nitrogens is 2. The molecule has 0 bridgehead atoms. The molecule has 0 atom stereocenters. The Morgan fingerprint density at radius 2 is 1.88 bits per heavy atom. The van der Waals surface area contributed by atoms with E-state index < -0.39 is 18.3 Å². The molecular weight excluding hydrogens is 435 g/mol. The lowest BCUT2D eigenvalue weighted by molar-refractivity contribution is -0.106. The molecule has 1 aliphatic rings. The second-order valence-electron chi connectivity index (χ2n) is 7.21. The second kappa shape index (κ2) is 10.1. The summed E-state index contributed by atoms with van der Waals surface area (Å²) in [5.41, 5.74) is 6.28. The van der Waals surface area contributed by atoms with Gasteiger partial charge in [0.25, 0.3) is 11.8 Å². The average molecular weight is 457 g/mol. The Morgan fingerprint density at radius 3 is 2.45 bits per heavy atom. The standard InChI is InChI=1S/C22H19F3N4O.CH3NO/c1-26-21(30)18-7-6-14(12-28-18)19-16(15-4-2-3-5-17(15)23)8-10-27-20(19)29-11-9-22(24,25)13-29;2-1-3/h2-8,10,12H,9,11,13H2,1H3,(H,26,30);1H,(H2,2,3). The van der Waals surface area contributed by atoms with Crippen molar-refractivity contribution in [3.8, 4) is 22.3 Å². The van der Waals surface area contributed by atoms with Gasteiger partial charge in [0.1, 0.15) is 17.3 Å². The fourth-order valence-corrected chi connectivity index (χ4v) is 3.60. The van der Waals surface area contributed by atoms with Crippen LogP contribution < -0.4 is 16.0 Å². The normalized spacial score (nSPS) is 14.2. The highest BCUT2D eigenvalue weighted by atomic mass is 19.3. The minimum atomic E-state index is -2.81. The van der Waals surface area contributed by atoms with Gasteiger partial charge in [-0.25, -0.2) is 18.2 Å². The summed E-state index contributed by atoms with van der Waals surface area (Å²) in [4.78, 5) is 30.4. The second-order valence-corrected chi connectivity index (χ2v) is 7.21. The molecule has 7 nitrogen and oxygen atoms in total. The zero-order chi connectivity index (χ0) is 24.0. The summed E-state index contributed by atoms with van der Waals surface area (Å²) in [5.74, 6) is -3.25. The van der Waals surface area contributed by atoms with Gasteiger partial charge in [-0.3, -0.25) is 14.6 Å². The van der Waals surface area contributed by atoms with Gasteiger partial charge in [-0.2, -0.15) is 0 Å². The summed E-state index contributed by atoms with van der Waals surface area (Å²) in [6.45, 7) is -0.324. The molecule has 0 spiro atoms. The first-order valence-corrected chi connectivity index (χ1v) is 10.0. The number of nitrogens with zero attached hydrogens (tertiary/aromatic N) is 3. The molecule has 4 rings (SSSR count). The van der Waals surface area contributed by atoms with E-state index >= 15 is 0 Å². The lowest BCUT2D eigenvalue weighted by Crippen LogP contribution is -2.26. The van der Waals surface area contributed by atoms with E-state index in [0.717, 1.165) is 0 Å². The zero-order valence-corrected chi connectivity index (χ0v) is 17.8. The lowest BCUT2D eigenvalue weighted by atomic mass is 9.95. The van der Waals surface area contributed by atoms with E-state index in [2.05, 4.69) is 21.0 Å². The molecule has 1 aromatic carbocycles. The Morgan fingerprint density at radius 1 is 1.15 bits per heavy atom. The fraction of sp³-hybridized carbons (Fsp3) is 0.217. The third-order valence-corrected chi connectivity index (χ3v) is 5.08. The number of hydrogen-bond donors (Lipinski definition) is 2. The molecule has 3 heterocycles. The number of benzene rings is 1. The SMILES string of the molecule is CNC(=O)c1ccc(-c2c(-c3ccccc3F)ccnc2N2CCC(F)(F)C2)cn1.NC=O. The predicted octanol–water partition coefficient (Wildman–Crippen LogP) is 3.26. The molecule has 0 unspecified atom stereocenters. The molecule has 172 valence electrons. The number of carbonyl (C=O) groups is 2. The van der Waals surface area contributed by atoms with Crippen LogP contribution in [0, 0.1) is 5.82 Å². The van der Waals surface area contributed by atoms with Gasteiger partial charge in [0.05, 0.1) is 6.54 Å². The van der Waals surface area contributed by atoms with E-state index in [-0.39, 0.29) is 31.0 Å². The van der Waals surface area contributed by atoms with E-state index in [1.54, 1.807) is 30.3 Å². The van der Waals surface area contributed by atoms with Gasteiger partial charge >= 0.3 is 0 Å². The van der Waals surface area contributed by atoms with Crippen LogP contribution in [0.15, 0.2) is 54.9 Å². The van der Waals surface area contributed by atoms with E-state index in [1.165, 1.54) is 36.5 Å². The van der Waals surface area contributed by atoms with Crippen LogP contribution in [0.5, 0.6) is 0 Å². The highest BCUT2D eigenvalue weighted by molar-refractivity contribution is 5.94. The smallest absolute Gasteiger partial charge is 0.269 e. The molecule has 1 fully saturated rings. The highest BCUT2D eigenvalue weighted by Gasteiger charge is 2.39. The van der Waals surface area contributed by atoms with Crippen molar-refractivity contribution < 1.29 is 22.8 Å². The number of pyridine rings is 2. The Kier molecular flexibility index (Phi) is 7.27. The maximum atomic E-state index is 14.6. The number of nitrogens with one attached hydrogen (secondary N) is 1. The number of hydrogen-bond acceptors (Lipinski definition) is 5. The molecule has 2 aromatic heterocycles. The highest BCUT2D eigenvalue weighted by Crippen LogP contribution is 2.41. The quantitative estimate of drug-likeness (QED) is 0.586. The van der Waals surface area contributed by atoms with Gasteiger partial charge in [-0.15, -0.1) is 0 Å². The maximum Gasteiger partial charge on any atom is 0.269 e. The van der Waals surface area contributed by atoms with Crippen molar-refractivity contribution in [2.24, 2.45) is 5.73 Å². The molecule has 3 aromatic rings. The molecule has 1 saturated heterocycles. The predicted molar refractivity (Wildman–Crippen MR) is 118 cm³/mol. The third-order valence-electron chi connectivity index (χ3n) is 5.08. The van der Waals surface area contributed by atoms with Crippen molar-refractivity contribution in [1.29, 1.82) is 0 Å². The average Bonchev–Trinajstić information content (AvgIpc) is 3.18. The summed E-state index contributed by atoms with van der Waals surface area (Å²) in [5, 5.41) is 2.50. The van der Waals surface area contributed by atoms with Crippen molar-refractivity contribution in [3.05, 3.63) is 66.4 Å². The summed E-state index contributed by atoms with van der Waals surface area (Å²) in [7, 11) is 1.50. The van der Waals surface area contributed by atoms with Gasteiger partial charge in [0.15, 0.2) is 0 Å². The number of anilines is 1. The Balaban J connectivity index is 0.000000968. The van der Waals surface area contributed by atoms with Crippen molar-refractivity contribution >= 4 is 18.1 Å². The van der Waals surface area contributed by atoms with Crippen LogP contribution in [-0.2, 0) is 4.79 Å². The largest absolute Gasteiger partial charge is 0.372 e. The van der Waals surface area contributed by atoms with Crippen LogP contribution in [0.1, 0.15) is 16.9 Å². The molecule has 2 amide bonds. The van der Waals surface area contributed by atoms with E-state index in [4.69, 9.17) is 4.79 Å². The van der Waals surface area contributed by atoms with Crippen LogP contribution in [0.25, 0.3) is 22.3 Å². The Labute approximate surface area is 188 Å². The summed E-state index contributed by atoms with van der Waals surface area (Å²) < 4.78 is 42.4. The molecular formula is C23H22F3N5O2. The number of nitrogens with two attached hydrogens (primary N) is 1. The van der Waals surface area contributed by atoms with Crippen LogP contribution in [0.3, 0.4) is 0 Å². The van der Waals surface area contributed by atoms with Gasteiger partial charge in [0.2, 0.25) is 6.41 Å². The Bertz CT molecular complexity index is 1140. The minimum absolute atomic E-state index is 0.136. The van der Waals surface area contributed by atoms with Crippen molar-refractivity contribution in [3.63, 3.8) is 0 Å². The third kappa shape index (κ3) is 5.28. The van der Waals surface area contributed by atoms with Gasteiger partial charge in [0, 0.05) is 49.1 Å². The zero-order valence-electron chi connectivity index (χ0n) is 17.8. The molecule has 1 aliphatic heterocycles. The van der Waals surface area contributed by atoms with E-state index in [1.807, 2.05) is 0 Å². The van der Waals surface area contributed by atoms with Crippen molar-refractivity contribution in [2.45, 2.75) is 12.3 Å². The first kappa shape index (κ1) is 23.7. The van der Waals surface area contributed by atoms with Crippen LogP contribution in [-0.4, -0.2) is 48.3 Å². The first-order chi connectivity index (χ1) is 15.8. The van der Waals surface area contributed by atoms with Gasteiger partial charge < -0.3 is 16.0 Å². The minimum Gasteiger partial charge on any atom is -0.372 e. The lowest BCUT2D eigenvalue weighted by Gasteiger charge is -2.23. The van der Waals surface area contributed by atoms with Crippen molar-refractivity contribution in [2.75, 3.05) is 25.0 Å². The number of alkyl halides is 2. The molecule has 10 heteroatoms. The van der Waals surface area contributed by atoms with E-state index in [0.29, 0.717) is 28.1 Å². The van der Waals surface area contributed by atoms with Crippen LogP contribution in [0.2, 0.25) is 0 Å². The summed E-state index contributed by atoms with van der Waals surface area (Å²) in [6.07, 6.45) is 2.94. The number of primary amides is 1. The molecule has 0 aliphatic carbocycles. The maximum absolute atomic E-state index is 14.6. The molecule has 3 N–H and O–H groups in total.